The molecule has 0 spiro atoms. The van der Waals surface area contributed by atoms with Gasteiger partial charge in [0.2, 0.25) is 0 Å². The van der Waals surface area contributed by atoms with Crippen LogP contribution in [0.3, 0.4) is 0 Å². The highest BCUT2D eigenvalue weighted by atomic mass is 32.2. The molecule has 2 N–H and O–H groups in total. The summed E-state index contributed by atoms with van der Waals surface area (Å²) < 4.78 is 34.4. The molecule has 1 fully saturated rings. The Balaban J connectivity index is 1.57. The number of para-hydroxylation sites is 1. The van der Waals surface area contributed by atoms with E-state index in [9.17, 15) is 18.0 Å². The molecule has 0 aliphatic carbocycles. The Labute approximate surface area is 215 Å². The van der Waals surface area contributed by atoms with Crippen LogP contribution in [0.2, 0.25) is 0 Å². The lowest BCUT2D eigenvalue weighted by atomic mass is 10.1. The topological polar surface area (TPSA) is 109 Å². The first kappa shape index (κ1) is 25.8. The van der Waals surface area contributed by atoms with Gasteiger partial charge in [0.25, 0.3) is 21.8 Å². The number of nitrogens with zero attached hydrogens (tertiary/aromatic N) is 1. The van der Waals surface area contributed by atoms with Gasteiger partial charge in [-0.25, -0.2) is 8.42 Å². The zero-order valence-electron chi connectivity index (χ0n) is 20.0. The molecule has 8 nitrogen and oxygen atoms in total. The molecule has 0 radical (unpaired) electrons. The predicted octanol–water partition coefficient (Wildman–Crippen LogP) is 4.75. The van der Waals surface area contributed by atoms with E-state index in [0.29, 0.717) is 24.4 Å². The summed E-state index contributed by atoms with van der Waals surface area (Å²) in [7, 11) is -4.07. The number of nitrogens with one attached hydrogen (secondary N) is 2. The molecule has 3 aromatic rings. The molecule has 4 rings (SSSR count). The van der Waals surface area contributed by atoms with E-state index in [-0.39, 0.29) is 28.6 Å². The number of anilines is 1. The van der Waals surface area contributed by atoms with Crippen molar-refractivity contribution in [1.29, 1.82) is 0 Å². The van der Waals surface area contributed by atoms with Crippen molar-refractivity contribution >= 4 is 39.3 Å². The van der Waals surface area contributed by atoms with Crippen LogP contribution in [0, 0.1) is 0 Å². The maximum atomic E-state index is 13.3. The van der Waals surface area contributed by atoms with E-state index in [1.54, 1.807) is 36.4 Å². The Morgan fingerprint density at radius 1 is 0.972 bits per heavy atom. The molecule has 1 aliphatic heterocycles. The van der Waals surface area contributed by atoms with Crippen LogP contribution in [0.5, 0.6) is 0 Å². The normalized spacial score (nSPS) is 14.2. The molecule has 36 heavy (non-hydrogen) atoms. The first-order valence-corrected chi connectivity index (χ1v) is 14.5. The zero-order valence-corrected chi connectivity index (χ0v) is 21.7. The molecular weight excluding hydrogens is 498 g/mol. The number of thioether (sulfide) groups is 1. The number of likely N-dealkylation sites (tertiary alicyclic amines) is 1. The van der Waals surface area contributed by atoms with Gasteiger partial charge < -0.3 is 14.6 Å². The molecule has 0 saturated carbocycles. The molecule has 1 saturated heterocycles. The highest BCUT2D eigenvalue weighted by Crippen LogP contribution is 2.28. The van der Waals surface area contributed by atoms with E-state index in [1.807, 2.05) is 11.2 Å². The van der Waals surface area contributed by atoms with Crippen molar-refractivity contribution in [3.63, 3.8) is 0 Å². The fourth-order valence-corrected chi connectivity index (χ4v) is 5.79. The highest BCUT2D eigenvalue weighted by Gasteiger charge is 2.24. The summed E-state index contributed by atoms with van der Waals surface area (Å²) in [5.41, 5.74) is 0.690. The SMILES string of the molecule is CSc1ccc(S(=O)(=O)Nc2ccccc2C(=O)NCc2ccco2)cc1C(=O)N1CCCCCC1. The van der Waals surface area contributed by atoms with Crippen LogP contribution in [0.15, 0.2) is 75.1 Å². The minimum atomic E-state index is -4.07. The standard InChI is InChI=1S/C26H29N3O5S2/c1-35-24-13-12-20(17-22(24)26(31)29-14-6-2-3-7-15-29)36(32,33)28-23-11-5-4-10-21(23)25(30)27-18-19-9-8-16-34-19/h4-5,8-13,16-17,28H,2-3,6-7,14-15,18H2,1H3,(H,27,30). The number of hydrogen-bond donors (Lipinski definition) is 2. The van der Waals surface area contributed by atoms with Gasteiger partial charge in [-0.15, -0.1) is 11.8 Å². The molecule has 2 heterocycles. The van der Waals surface area contributed by atoms with Gasteiger partial charge in [-0.05, 0) is 61.6 Å². The van der Waals surface area contributed by atoms with Crippen molar-refractivity contribution in [1.82, 2.24) is 10.2 Å². The van der Waals surface area contributed by atoms with Crippen LogP contribution < -0.4 is 10.0 Å². The molecule has 2 amide bonds. The number of carbonyl (C=O) groups is 2. The van der Waals surface area contributed by atoms with Crippen molar-refractivity contribution in [3.05, 3.63) is 77.7 Å². The number of amides is 2. The van der Waals surface area contributed by atoms with E-state index in [2.05, 4.69) is 10.0 Å². The predicted molar refractivity (Wildman–Crippen MR) is 140 cm³/mol. The Bertz CT molecular complexity index is 1320. The van der Waals surface area contributed by atoms with E-state index >= 15 is 0 Å². The summed E-state index contributed by atoms with van der Waals surface area (Å²) >= 11 is 1.40. The smallest absolute Gasteiger partial charge is 0.261 e. The van der Waals surface area contributed by atoms with Crippen molar-refractivity contribution in [3.8, 4) is 0 Å². The first-order valence-electron chi connectivity index (χ1n) is 11.8. The second-order valence-corrected chi connectivity index (χ2v) is 11.0. The van der Waals surface area contributed by atoms with Gasteiger partial charge in [-0.2, -0.15) is 0 Å². The van der Waals surface area contributed by atoms with E-state index in [0.717, 1.165) is 30.6 Å². The monoisotopic (exact) mass is 527 g/mol. The molecule has 1 aliphatic rings. The van der Waals surface area contributed by atoms with Gasteiger partial charge in [0.05, 0.1) is 34.5 Å². The van der Waals surface area contributed by atoms with Crippen LogP contribution in [0.25, 0.3) is 0 Å². The number of benzene rings is 2. The van der Waals surface area contributed by atoms with Crippen molar-refractivity contribution < 1.29 is 22.4 Å². The quantitative estimate of drug-likeness (QED) is 0.409. The number of rotatable bonds is 8. The second kappa shape index (κ2) is 11.7. The third kappa shape index (κ3) is 6.11. The molecule has 0 atom stereocenters. The van der Waals surface area contributed by atoms with E-state index in [4.69, 9.17) is 4.42 Å². The molecule has 10 heteroatoms. The van der Waals surface area contributed by atoms with Gasteiger partial charge in [0, 0.05) is 18.0 Å². The number of hydrogen-bond acceptors (Lipinski definition) is 6. The molecule has 0 unspecified atom stereocenters. The Morgan fingerprint density at radius 3 is 2.42 bits per heavy atom. The van der Waals surface area contributed by atoms with Gasteiger partial charge >= 0.3 is 0 Å². The summed E-state index contributed by atoms with van der Waals surface area (Å²) in [6, 6.07) is 14.4. The van der Waals surface area contributed by atoms with Crippen molar-refractivity contribution in [2.75, 3.05) is 24.1 Å². The van der Waals surface area contributed by atoms with Gasteiger partial charge in [0.1, 0.15) is 5.76 Å². The lowest BCUT2D eigenvalue weighted by Crippen LogP contribution is -2.32. The second-order valence-electron chi connectivity index (χ2n) is 8.48. The minimum Gasteiger partial charge on any atom is -0.467 e. The average Bonchev–Trinajstić information content (AvgIpc) is 3.26. The molecule has 0 bridgehead atoms. The first-order chi connectivity index (χ1) is 17.4. The van der Waals surface area contributed by atoms with Gasteiger partial charge in [-0.1, -0.05) is 25.0 Å². The summed E-state index contributed by atoms with van der Waals surface area (Å²) in [6.45, 7) is 1.51. The summed E-state index contributed by atoms with van der Waals surface area (Å²) in [4.78, 5) is 28.6. The summed E-state index contributed by atoms with van der Waals surface area (Å²) in [6.07, 6.45) is 7.44. The third-order valence-corrected chi connectivity index (χ3v) is 8.18. The lowest BCUT2D eigenvalue weighted by molar-refractivity contribution is 0.0757. The van der Waals surface area contributed by atoms with Crippen LogP contribution >= 0.6 is 11.8 Å². The minimum absolute atomic E-state index is 0.0377. The van der Waals surface area contributed by atoms with E-state index < -0.39 is 15.9 Å². The largest absolute Gasteiger partial charge is 0.467 e. The lowest BCUT2D eigenvalue weighted by Gasteiger charge is -2.22. The maximum absolute atomic E-state index is 13.3. The Kier molecular flexibility index (Phi) is 8.37. The average molecular weight is 528 g/mol. The maximum Gasteiger partial charge on any atom is 0.261 e. The van der Waals surface area contributed by atoms with Crippen LogP contribution in [0.4, 0.5) is 5.69 Å². The molecular formula is C26H29N3O5S2. The summed E-state index contributed by atoms with van der Waals surface area (Å²) in [5, 5.41) is 2.73. The van der Waals surface area contributed by atoms with Crippen LogP contribution in [-0.4, -0.2) is 44.5 Å². The number of furan rings is 1. The number of sulfonamides is 1. The van der Waals surface area contributed by atoms with Gasteiger partial charge in [-0.3, -0.25) is 14.3 Å². The highest BCUT2D eigenvalue weighted by molar-refractivity contribution is 7.98. The fraction of sp³-hybridized carbons (Fsp3) is 0.308. The van der Waals surface area contributed by atoms with E-state index in [1.165, 1.54) is 36.2 Å². The number of carbonyl (C=O) groups excluding carboxylic acids is 2. The summed E-state index contributed by atoms with van der Waals surface area (Å²) in [5.74, 6) is -0.0210. The van der Waals surface area contributed by atoms with Gasteiger partial charge in [0.15, 0.2) is 0 Å². The van der Waals surface area contributed by atoms with Crippen molar-refractivity contribution in [2.45, 2.75) is 42.0 Å². The fourth-order valence-electron chi connectivity index (χ4n) is 4.12. The molecule has 2 aromatic carbocycles. The van der Waals surface area contributed by atoms with Crippen LogP contribution in [0.1, 0.15) is 52.2 Å². The molecule has 190 valence electrons. The Morgan fingerprint density at radius 2 is 1.72 bits per heavy atom. The third-order valence-electron chi connectivity index (χ3n) is 6.02. The van der Waals surface area contributed by atoms with Crippen molar-refractivity contribution in [2.24, 2.45) is 0 Å². The zero-order chi connectivity index (χ0) is 25.5. The molecule has 1 aromatic heterocycles. The van der Waals surface area contributed by atoms with Crippen LogP contribution in [-0.2, 0) is 16.6 Å². The Hall–Kier alpha value is -3.24.